The molecule has 0 aliphatic carbocycles. The summed E-state index contributed by atoms with van der Waals surface area (Å²) in [5.74, 6) is 0.654. The number of nitrogens with one attached hydrogen (secondary N) is 1. The largest absolute Gasteiger partial charge is 0.326 e. The Morgan fingerprint density at radius 2 is 1.60 bits per heavy atom. The molecule has 0 saturated carbocycles. The molecular weight excluding hydrogens is 520 g/mol. The van der Waals surface area contributed by atoms with Crippen molar-refractivity contribution in [2.24, 2.45) is 0 Å². The fourth-order valence-electron chi connectivity index (χ4n) is 4.55. The Morgan fingerprint density at radius 1 is 0.925 bits per heavy atom. The SMILES string of the molecule is CCS(=O)(=O)c1ccc(CC(=O)Nc2ccc(-c3nc4ccc(C)cc4n3Cc3ccc(C#N)cc3)cc2)cc1. The molecule has 0 unspecified atom stereocenters. The van der Waals surface area contributed by atoms with Crippen LogP contribution in [0.25, 0.3) is 22.4 Å². The summed E-state index contributed by atoms with van der Waals surface area (Å²) in [4.78, 5) is 17.8. The van der Waals surface area contributed by atoms with Gasteiger partial charge in [-0.25, -0.2) is 13.4 Å². The lowest BCUT2D eigenvalue weighted by Crippen LogP contribution is -2.14. The van der Waals surface area contributed by atoms with Crippen LogP contribution in [0.3, 0.4) is 0 Å². The van der Waals surface area contributed by atoms with Gasteiger partial charge in [-0.2, -0.15) is 5.26 Å². The fourth-order valence-corrected chi connectivity index (χ4v) is 5.44. The van der Waals surface area contributed by atoms with E-state index >= 15 is 0 Å². The monoisotopic (exact) mass is 548 g/mol. The first-order chi connectivity index (χ1) is 19.3. The lowest BCUT2D eigenvalue weighted by Gasteiger charge is -2.11. The Bertz CT molecular complexity index is 1830. The van der Waals surface area contributed by atoms with Gasteiger partial charge in [0, 0.05) is 17.8 Å². The van der Waals surface area contributed by atoms with Gasteiger partial charge in [-0.05, 0) is 84.3 Å². The second-order valence-corrected chi connectivity index (χ2v) is 12.0. The highest BCUT2D eigenvalue weighted by molar-refractivity contribution is 7.91. The normalized spacial score (nSPS) is 11.3. The molecule has 0 bridgehead atoms. The van der Waals surface area contributed by atoms with E-state index in [9.17, 15) is 13.2 Å². The summed E-state index contributed by atoms with van der Waals surface area (Å²) in [5.41, 5.74) is 7.03. The zero-order chi connectivity index (χ0) is 28.3. The standard InChI is InChI=1S/C32H28N4O3S/c1-3-40(38,39)28-15-9-23(10-16-28)19-31(37)34-27-13-11-26(12-14-27)32-35-29-17-4-22(2)18-30(29)36(32)21-25-7-5-24(20-33)6-8-25/h4-18H,3,19,21H2,1-2H3,(H,34,37). The molecule has 0 saturated heterocycles. The van der Waals surface area contributed by atoms with Gasteiger partial charge in [0.1, 0.15) is 5.82 Å². The van der Waals surface area contributed by atoms with Crippen molar-refractivity contribution in [2.75, 3.05) is 11.1 Å². The van der Waals surface area contributed by atoms with Crippen molar-refractivity contribution < 1.29 is 13.2 Å². The zero-order valence-corrected chi connectivity index (χ0v) is 23.1. The van der Waals surface area contributed by atoms with Gasteiger partial charge in [-0.15, -0.1) is 0 Å². The minimum absolute atomic E-state index is 0.0359. The summed E-state index contributed by atoms with van der Waals surface area (Å²) in [6.45, 7) is 4.25. The number of hydrogen-bond donors (Lipinski definition) is 1. The van der Waals surface area contributed by atoms with Crippen LogP contribution in [-0.2, 0) is 27.6 Å². The molecule has 4 aromatic carbocycles. The minimum Gasteiger partial charge on any atom is -0.326 e. The van der Waals surface area contributed by atoms with Gasteiger partial charge in [0.2, 0.25) is 5.91 Å². The number of carbonyl (C=O) groups excluding carboxylic acids is 1. The Balaban J connectivity index is 1.35. The molecule has 200 valence electrons. The molecule has 5 rings (SSSR count). The van der Waals surface area contributed by atoms with Gasteiger partial charge in [-0.3, -0.25) is 4.79 Å². The number of nitrogens with zero attached hydrogens (tertiary/aromatic N) is 3. The van der Waals surface area contributed by atoms with Crippen LogP contribution in [0, 0.1) is 18.3 Å². The smallest absolute Gasteiger partial charge is 0.228 e. The summed E-state index contributed by atoms with van der Waals surface area (Å²) >= 11 is 0. The number of aryl methyl sites for hydroxylation is 1. The fraction of sp³-hybridized carbons (Fsp3) is 0.156. The van der Waals surface area contributed by atoms with Crippen LogP contribution < -0.4 is 5.32 Å². The molecule has 0 fully saturated rings. The van der Waals surface area contributed by atoms with E-state index in [1.807, 2.05) is 60.7 Å². The van der Waals surface area contributed by atoms with Crippen LogP contribution in [0.2, 0.25) is 0 Å². The van der Waals surface area contributed by atoms with Crippen LogP contribution in [0.1, 0.15) is 29.2 Å². The minimum atomic E-state index is -3.27. The summed E-state index contributed by atoms with van der Waals surface area (Å²) < 4.78 is 26.2. The molecule has 5 aromatic rings. The maximum absolute atomic E-state index is 12.7. The average Bonchev–Trinajstić information content (AvgIpc) is 3.31. The van der Waals surface area contributed by atoms with Crippen LogP contribution in [0.15, 0.2) is 95.9 Å². The van der Waals surface area contributed by atoms with Crippen molar-refractivity contribution in [3.63, 3.8) is 0 Å². The summed E-state index contributed by atoms with van der Waals surface area (Å²) in [7, 11) is -3.27. The van der Waals surface area contributed by atoms with Crippen LogP contribution in [0.4, 0.5) is 5.69 Å². The third-order valence-electron chi connectivity index (χ3n) is 6.78. The Labute approximate surface area is 233 Å². The van der Waals surface area contributed by atoms with E-state index in [2.05, 4.69) is 28.9 Å². The summed E-state index contributed by atoms with van der Waals surface area (Å²) in [6.07, 6.45) is 0.133. The van der Waals surface area contributed by atoms with Crippen molar-refractivity contribution in [3.8, 4) is 17.5 Å². The molecule has 7 nitrogen and oxygen atoms in total. The van der Waals surface area contributed by atoms with E-state index in [4.69, 9.17) is 10.2 Å². The lowest BCUT2D eigenvalue weighted by atomic mass is 10.1. The average molecular weight is 549 g/mol. The molecular formula is C32H28N4O3S. The van der Waals surface area contributed by atoms with Crippen LogP contribution >= 0.6 is 0 Å². The van der Waals surface area contributed by atoms with Crippen molar-refractivity contribution in [2.45, 2.75) is 31.7 Å². The third kappa shape index (κ3) is 5.80. The summed E-state index contributed by atoms with van der Waals surface area (Å²) in [5, 5.41) is 12.0. The van der Waals surface area contributed by atoms with Gasteiger partial charge in [0.05, 0.1) is 39.7 Å². The maximum Gasteiger partial charge on any atom is 0.228 e. The van der Waals surface area contributed by atoms with Crippen LogP contribution in [-0.4, -0.2) is 29.6 Å². The van der Waals surface area contributed by atoms with Crippen molar-refractivity contribution >= 4 is 32.5 Å². The molecule has 0 spiro atoms. The third-order valence-corrected chi connectivity index (χ3v) is 8.53. The number of nitriles is 1. The predicted octanol–water partition coefficient (Wildman–Crippen LogP) is 5.91. The highest BCUT2D eigenvalue weighted by Gasteiger charge is 2.15. The Hall–Kier alpha value is -4.74. The molecule has 0 aliphatic rings. The molecule has 0 radical (unpaired) electrons. The molecule has 0 aliphatic heterocycles. The quantitative estimate of drug-likeness (QED) is 0.260. The van der Waals surface area contributed by atoms with E-state index in [1.165, 1.54) is 0 Å². The zero-order valence-electron chi connectivity index (χ0n) is 22.3. The molecule has 8 heteroatoms. The highest BCUT2D eigenvalue weighted by atomic mass is 32.2. The van der Waals surface area contributed by atoms with Gasteiger partial charge in [-0.1, -0.05) is 37.3 Å². The number of fused-ring (bicyclic) bond motifs is 1. The predicted molar refractivity (Wildman–Crippen MR) is 157 cm³/mol. The van der Waals surface area contributed by atoms with Gasteiger partial charge in [0.25, 0.3) is 0 Å². The lowest BCUT2D eigenvalue weighted by molar-refractivity contribution is -0.115. The number of anilines is 1. The molecule has 1 aromatic heterocycles. The van der Waals surface area contributed by atoms with E-state index < -0.39 is 9.84 Å². The summed E-state index contributed by atoms with van der Waals surface area (Å²) in [6, 6.07) is 29.9. The topological polar surface area (TPSA) is 105 Å². The van der Waals surface area contributed by atoms with E-state index in [1.54, 1.807) is 31.2 Å². The van der Waals surface area contributed by atoms with Crippen LogP contribution in [0.5, 0.6) is 0 Å². The first kappa shape index (κ1) is 26.9. The van der Waals surface area contributed by atoms with Gasteiger partial charge in [0.15, 0.2) is 9.84 Å². The molecule has 1 heterocycles. The second-order valence-electron chi connectivity index (χ2n) is 9.67. The van der Waals surface area contributed by atoms with E-state index in [0.717, 1.165) is 39.1 Å². The first-order valence-corrected chi connectivity index (χ1v) is 14.6. The molecule has 0 atom stereocenters. The Kier molecular flexibility index (Phi) is 7.50. The molecule has 1 N–H and O–H groups in total. The van der Waals surface area contributed by atoms with Crippen molar-refractivity contribution in [1.29, 1.82) is 5.26 Å². The van der Waals surface area contributed by atoms with Gasteiger partial charge >= 0.3 is 0 Å². The number of rotatable bonds is 8. The van der Waals surface area contributed by atoms with Crippen molar-refractivity contribution in [1.82, 2.24) is 9.55 Å². The second kappa shape index (κ2) is 11.2. The number of sulfone groups is 1. The first-order valence-electron chi connectivity index (χ1n) is 12.9. The number of benzene rings is 4. The highest BCUT2D eigenvalue weighted by Crippen LogP contribution is 2.28. The number of amides is 1. The maximum atomic E-state index is 12.7. The van der Waals surface area contributed by atoms with E-state index in [-0.39, 0.29) is 23.0 Å². The van der Waals surface area contributed by atoms with E-state index in [0.29, 0.717) is 17.8 Å². The van der Waals surface area contributed by atoms with Crippen molar-refractivity contribution in [3.05, 3.63) is 113 Å². The van der Waals surface area contributed by atoms with Gasteiger partial charge < -0.3 is 9.88 Å². The number of hydrogen-bond acceptors (Lipinski definition) is 5. The number of imidazole rings is 1. The number of aromatic nitrogens is 2. The molecule has 1 amide bonds. The Morgan fingerprint density at radius 3 is 2.25 bits per heavy atom. The number of carbonyl (C=O) groups is 1. The molecule has 40 heavy (non-hydrogen) atoms.